The molecular weight excluding hydrogens is 282 g/mol. The second-order valence-electron chi connectivity index (χ2n) is 5.30. The van der Waals surface area contributed by atoms with Gasteiger partial charge in [0.1, 0.15) is 11.6 Å². The highest BCUT2D eigenvalue weighted by molar-refractivity contribution is 5.94. The molecule has 1 unspecified atom stereocenters. The molecule has 3 heterocycles. The van der Waals surface area contributed by atoms with Gasteiger partial charge in [-0.25, -0.2) is 4.98 Å². The van der Waals surface area contributed by atoms with Gasteiger partial charge in [-0.3, -0.25) is 14.7 Å². The number of aromatic hydroxyl groups is 1. The number of rotatable bonds is 3. The third-order valence-corrected chi connectivity index (χ3v) is 3.99. The monoisotopic (exact) mass is 301 g/mol. The minimum Gasteiger partial charge on any atom is -0.506 e. The second kappa shape index (κ2) is 6.15. The summed E-state index contributed by atoms with van der Waals surface area (Å²) in [5, 5.41) is 9.49. The molecule has 0 spiro atoms. The molecule has 1 aliphatic heterocycles. The predicted octanol–water partition coefficient (Wildman–Crippen LogP) is 1.03. The van der Waals surface area contributed by atoms with Gasteiger partial charge in [-0.1, -0.05) is 6.92 Å². The van der Waals surface area contributed by atoms with Crippen LogP contribution < -0.4 is 0 Å². The molecule has 0 aliphatic carbocycles. The van der Waals surface area contributed by atoms with Gasteiger partial charge in [0.15, 0.2) is 0 Å². The Morgan fingerprint density at radius 3 is 3.00 bits per heavy atom. The van der Waals surface area contributed by atoms with E-state index >= 15 is 0 Å². The van der Waals surface area contributed by atoms with E-state index in [0.29, 0.717) is 18.7 Å². The van der Waals surface area contributed by atoms with Gasteiger partial charge in [0.25, 0.3) is 5.91 Å². The Hall–Kier alpha value is -2.41. The molecule has 22 heavy (non-hydrogen) atoms. The average Bonchev–Trinajstić information content (AvgIpc) is 3.08. The van der Waals surface area contributed by atoms with Gasteiger partial charge in [-0.2, -0.15) is 0 Å². The highest BCUT2D eigenvalue weighted by Crippen LogP contribution is 2.24. The lowest BCUT2D eigenvalue weighted by atomic mass is 10.1. The van der Waals surface area contributed by atoms with Crippen LogP contribution in [0.5, 0.6) is 5.75 Å². The minimum atomic E-state index is -0.115. The van der Waals surface area contributed by atoms with Gasteiger partial charge in [-0.15, -0.1) is 0 Å². The number of imidazole rings is 1. The maximum atomic E-state index is 12.6. The lowest BCUT2D eigenvalue weighted by molar-refractivity contribution is 0.0479. The lowest BCUT2D eigenvalue weighted by Gasteiger charge is -2.40. The summed E-state index contributed by atoms with van der Waals surface area (Å²) in [6.07, 6.45) is 6.32. The SMILES string of the molecule is CCN1CCN(C(=O)c2cncc(O)c2)CC1c1ncc[nH]1. The van der Waals surface area contributed by atoms with E-state index in [1.165, 1.54) is 18.5 Å². The van der Waals surface area contributed by atoms with Crippen LogP contribution in [-0.4, -0.2) is 61.9 Å². The molecule has 7 nitrogen and oxygen atoms in total. The zero-order chi connectivity index (χ0) is 15.5. The highest BCUT2D eigenvalue weighted by Gasteiger charge is 2.31. The van der Waals surface area contributed by atoms with Crippen molar-refractivity contribution in [3.8, 4) is 5.75 Å². The fourth-order valence-electron chi connectivity index (χ4n) is 2.83. The number of hydrogen-bond donors (Lipinski definition) is 2. The van der Waals surface area contributed by atoms with E-state index in [4.69, 9.17) is 0 Å². The van der Waals surface area contributed by atoms with Crippen LogP contribution in [0, 0.1) is 0 Å². The van der Waals surface area contributed by atoms with Crippen LogP contribution in [-0.2, 0) is 0 Å². The molecule has 0 bridgehead atoms. The zero-order valence-electron chi connectivity index (χ0n) is 12.4. The fourth-order valence-corrected chi connectivity index (χ4v) is 2.83. The van der Waals surface area contributed by atoms with Crippen LogP contribution >= 0.6 is 0 Å². The Morgan fingerprint density at radius 2 is 2.32 bits per heavy atom. The summed E-state index contributed by atoms with van der Waals surface area (Å²) in [5.41, 5.74) is 0.406. The molecule has 1 aliphatic rings. The molecule has 7 heteroatoms. The number of aromatic nitrogens is 3. The number of amides is 1. The van der Waals surface area contributed by atoms with Crippen molar-refractivity contribution >= 4 is 5.91 Å². The highest BCUT2D eigenvalue weighted by atomic mass is 16.3. The van der Waals surface area contributed by atoms with Crippen LogP contribution in [0.15, 0.2) is 30.9 Å². The van der Waals surface area contributed by atoms with Crippen LogP contribution in [0.25, 0.3) is 0 Å². The standard InChI is InChI=1S/C15H19N5O2/c1-2-19-5-6-20(10-13(19)14-17-3-4-18-14)15(22)11-7-12(21)9-16-8-11/h3-4,7-9,13,21H,2,5-6,10H2,1H3,(H,17,18). The van der Waals surface area contributed by atoms with Crippen molar-refractivity contribution in [2.45, 2.75) is 13.0 Å². The summed E-state index contributed by atoms with van der Waals surface area (Å²) in [6.45, 7) is 5.02. The number of carbonyl (C=O) groups excluding carboxylic acids is 1. The topological polar surface area (TPSA) is 85.3 Å². The largest absolute Gasteiger partial charge is 0.506 e. The van der Waals surface area contributed by atoms with Crippen molar-refractivity contribution in [2.75, 3.05) is 26.2 Å². The molecule has 2 aromatic rings. The van der Waals surface area contributed by atoms with E-state index in [1.807, 2.05) is 0 Å². The van der Waals surface area contributed by atoms with Gasteiger partial charge >= 0.3 is 0 Å². The minimum absolute atomic E-state index is 0.000582. The van der Waals surface area contributed by atoms with Gasteiger partial charge in [-0.05, 0) is 12.6 Å². The Labute approximate surface area is 128 Å². The quantitative estimate of drug-likeness (QED) is 0.884. The zero-order valence-corrected chi connectivity index (χ0v) is 12.4. The number of hydrogen-bond acceptors (Lipinski definition) is 5. The Morgan fingerprint density at radius 1 is 1.45 bits per heavy atom. The molecule has 2 N–H and O–H groups in total. The van der Waals surface area contributed by atoms with E-state index < -0.39 is 0 Å². The number of aromatic amines is 1. The van der Waals surface area contributed by atoms with Crippen molar-refractivity contribution in [3.63, 3.8) is 0 Å². The average molecular weight is 301 g/mol. The van der Waals surface area contributed by atoms with E-state index in [2.05, 4.69) is 26.8 Å². The third kappa shape index (κ3) is 2.80. The summed E-state index contributed by atoms with van der Waals surface area (Å²) in [7, 11) is 0. The molecule has 1 atom stereocenters. The van der Waals surface area contributed by atoms with Gasteiger partial charge in [0.05, 0.1) is 17.8 Å². The maximum Gasteiger partial charge on any atom is 0.255 e. The molecule has 0 aromatic carbocycles. The summed E-state index contributed by atoms with van der Waals surface area (Å²) in [6, 6.07) is 1.51. The van der Waals surface area contributed by atoms with E-state index in [9.17, 15) is 9.90 Å². The van der Waals surface area contributed by atoms with Gasteiger partial charge < -0.3 is 15.0 Å². The molecule has 2 aromatic heterocycles. The summed E-state index contributed by atoms with van der Waals surface area (Å²) >= 11 is 0. The Bertz CT molecular complexity index is 643. The number of piperazine rings is 1. The molecule has 1 saturated heterocycles. The van der Waals surface area contributed by atoms with Crippen LogP contribution in [0.4, 0.5) is 0 Å². The number of carbonyl (C=O) groups is 1. The lowest BCUT2D eigenvalue weighted by Crippen LogP contribution is -2.50. The van der Waals surface area contributed by atoms with Crippen molar-refractivity contribution in [3.05, 3.63) is 42.2 Å². The predicted molar refractivity (Wildman–Crippen MR) is 80.4 cm³/mol. The Balaban J connectivity index is 1.79. The fraction of sp³-hybridized carbons (Fsp3) is 0.400. The Kier molecular flexibility index (Phi) is 4.06. The van der Waals surface area contributed by atoms with Crippen molar-refractivity contribution in [1.29, 1.82) is 0 Å². The van der Waals surface area contributed by atoms with Crippen molar-refractivity contribution in [1.82, 2.24) is 24.8 Å². The van der Waals surface area contributed by atoms with Crippen LogP contribution in [0.1, 0.15) is 29.1 Å². The summed E-state index contributed by atoms with van der Waals surface area (Å²) in [4.78, 5) is 28.0. The molecule has 3 rings (SSSR count). The first kappa shape index (κ1) is 14.5. The number of H-pyrrole nitrogens is 1. The van der Waals surface area contributed by atoms with Crippen molar-refractivity contribution < 1.29 is 9.90 Å². The van der Waals surface area contributed by atoms with E-state index in [0.717, 1.165) is 18.9 Å². The molecule has 1 fully saturated rings. The van der Waals surface area contributed by atoms with Crippen molar-refractivity contribution in [2.24, 2.45) is 0 Å². The van der Waals surface area contributed by atoms with Gasteiger partial charge in [0, 0.05) is 38.2 Å². The normalized spacial score (nSPS) is 19.3. The second-order valence-corrected chi connectivity index (χ2v) is 5.30. The molecule has 0 saturated carbocycles. The third-order valence-electron chi connectivity index (χ3n) is 3.99. The first-order valence-corrected chi connectivity index (χ1v) is 7.35. The summed E-state index contributed by atoms with van der Waals surface area (Å²) < 4.78 is 0. The molecule has 0 radical (unpaired) electrons. The number of nitrogens with zero attached hydrogens (tertiary/aromatic N) is 4. The summed E-state index contributed by atoms with van der Waals surface area (Å²) in [5.74, 6) is 0.754. The van der Waals surface area contributed by atoms with Crippen LogP contribution in [0.2, 0.25) is 0 Å². The van der Waals surface area contributed by atoms with Gasteiger partial charge in [0.2, 0.25) is 0 Å². The molecular formula is C15H19N5O2. The number of likely N-dealkylation sites (N-methyl/N-ethyl adjacent to an activating group) is 1. The van der Waals surface area contributed by atoms with Crippen LogP contribution in [0.3, 0.4) is 0 Å². The van der Waals surface area contributed by atoms with E-state index in [1.54, 1.807) is 17.3 Å². The number of nitrogens with one attached hydrogen (secondary N) is 1. The first-order valence-electron chi connectivity index (χ1n) is 7.35. The maximum absolute atomic E-state index is 12.6. The van der Waals surface area contributed by atoms with E-state index in [-0.39, 0.29) is 17.7 Å². The first-order chi connectivity index (χ1) is 10.7. The molecule has 1 amide bonds. The smallest absolute Gasteiger partial charge is 0.255 e. The number of pyridine rings is 1. The molecule has 116 valence electrons.